The van der Waals surface area contributed by atoms with Gasteiger partial charge >= 0.3 is 0 Å². The van der Waals surface area contributed by atoms with Crippen molar-refractivity contribution in [2.45, 2.75) is 6.54 Å². The highest BCUT2D eigenvalue weighted by Crippen LogP contribution is 1.90. The van der Waals surface area contributed by atoms with E-state index in [0.717, 1.165) is 0 Å². The Bertz CT molecular complexity index is 219. The Balaban J connectivity index is 2.68. The van der Waals surface area contributed by atoms with Gasteiger partial charge in [-0.2, -0.15) is 0 Å². The summed E-state index contributed by atoms with van der Waals surface area (Å²) >= 11 is 0. The molecule has 1 aromatic heterocycles. The molecule has 0 aliphatic heterocycles. The van der Waals surface area contributed by atoms with E-state index >= 15 is 0 Å². The van der Waals surface area contributed by atoms with Crippen LogP contribution in [0.4, 0.5) is 0 Å². The second-order valence-electron chi connectivity index (χ2n) is 1.88. The van der Waals surface area contributed by atoms with Crippen molar-refractivity contribution >= 4 is 6.29 Å². The van der Waals surface area contributed by atoms with Crippen LogP contribution in [0.25, 0.3) is 0 Å². The van der Waals surface area contributed by atoms with Gasteiger partial charge in [-0.1, -0.05) is 0 Å². The lowest BCUT2D eigenvalue weighted by molar-refractivity contribution is 0.111. The molecule has 4 heteroatoms. The van der Waals surface area contributed by atoms with Gasteiger partial charge in [0.1, 0.15) is 5.69 Å². The minimum Gasteiger partial charge on any atom is -0.395 e. The molecule has 0 aliphatic carbocycles. The number of aliphatic hydroxyl groups is 1. The summed E-state index contributed by atoms with van der Waals surface area (Å²) < 4.78 is 1.66. The number of hydrogen-bond donors (Lipinski definition) is 1. The fraction of sp³-hybridized carbons (Fsp3) is 0.333. The number of hydrogen-bond acceptors (Lipinski definition) is 3. The molecule has 1 aromatic rings. The number of imidazole rings is 1. The van der Waals surface area contributed by atoms with Crippen molar-refractivity contribution in [2.24, 2.45) is 0 Å². The molecule has 0 aliphatic rings. The predicted octanol–water partition coefficient (Wildman–Crippen LogP) is -0.312. The van der Waals surface area contributed by atoms with Crippen LogP contribution in [0, 0.1) is 0 Å². The summed E-state index contributed by atoms with van der Waals surface area (Å²) in [5.41, 5.74) is 0.397. The monoisotopic (exact) mass is 140 g/mol. The van der Waals surface area contributed by atoms with E-state index in [9.17, 15) is 4.79 Å². The smallest absolute Gasteiger partial charge is 0.169 e. The van der Waals surface area contributed by atoms with E-state index in [2.05, 4.69) is 4.98 Å². The second kappa shape index (κ2) is 3.12. The Kier molecular flexibility index (Phi) is 2.17. The lowest BCUT2D eigenvalue weighted by atomic mass is 10.5. The molecule has 0 fully saturated rings. The molecule has 0 aromatic carbocycles. The zero-order chi connectivity index (χ0) is 7.40. The minimum absolute atomic E-state index is 0.0641. The van der Waals surface area contributed by atoms with Crippen molar-refractivity contribution < 1.29 is 9.90 Å². The number of nitrogens with zero attached hydrogens (tertiary/aromatic N) is 2. The minimum atomic E-state index is 0.0641. The van der Waals surface area contributed by atoms with Crippen LogP contribution in [0.2, 0.25) is 0 Å². The lowest BCUT2D eigenvalue weighted by Gasteiger charge is -1.93. The third kappa shape index (κ3) is 1.41. The van der Waals surface area contributed by atoms with Gasteiger partial charge in [-0.05, 0) is 0 Å². The molecule has 54 valence electrons. The van der Waals surface area contributed by atoms with Gasteiger partial charge < -0.3 is 9.67 Å². The third-order valence-electron chi connectivity index (χ3n) is 1.13. The first kappa shape index (κ1) is 6.95. The van der Waals surface area contributed by atoms with Crippen LogP contribution in [-0.4, -0.2) is 27.6 Å². The molecule has 0 amide bonds. The third-order valence-corrected chi connectivity index (χ3v) is 1.13. The zero-order valence-corrected chi connectivity index (χ0v) is 5.40. The van der Waals surface area contributed by atoms with Crippen molar-refractivity contribution in [1.82, 2.24) is 9.55 Å². The van der Waals surface area contributed by atoms with Gasteiger partial charge in [-0.15, -0.1) is 0 Å². The van der Waals surface area contributed by atoms with Crippen molar-refractivity contribution in [2.75, 3.05) is 6.61 Å². The maximum absolute atomic E-state index is 10.1. The Labute approximate surface area is 58.1 Å². The van der Waals surface area contributed by atoms with Crippen LogP contribution >= 0.6 is 0 Å². The molecule has 0 unspecified atom stereocenters. The SMILES string of the molecule is O=Cc1cn(CCO)cn1. The quantitative estimate of drug-likeness (QED) is 0.586. The van der Waals surface area contributed by atoms with Crippen molar-refractivity contribution in [3.63, 3.8) is 0 Å². The first-order chi connectivity index (χ1) is 4.86. The average molecular weight is 140 g/mol. The van der Waals surface area contributed by atoms with E-state index in [4.69, 9.17) is 5.11 Å². The number of aromatic nitrogens is 2. The highest BCUT2D eigenvalue weighted by Gasteiger charge is 1.93. The standard InChI is InChI=1S/C6H8N2O2/c9-2-1-8-3-6(4-10)7-5-8/h3-5,9H,1-2H2. The van der Waals surface area contributed by atoms with Gasteiger partial charge in [0.05, 0.1) is 12.9 Å². The summed E-state index contributed by atoms with van der Waals surface area (Å²) in [6.07, 6.45) is 3.77. The van der Waals surface area contributed by atoms with Crippen LogP contribution < -0.4 is 0 Å². The molecule has 0 bridgehead atoms. The van der Waals surface area contributed by atoms with Crippen LogP contribution in [0.3, 0.4) is 0 Å². The largest absolute Gasteiger partial charge is 0.395 e. The molecule has 0 saturated carbocycles. The van der Waals surface area contributed by atoms with Gasteiger partial charge in [0, 0.05) is 12.7 Å². The maximum atomic E-state index is 10.1. The summed E-state index contributed by atoms with van der Waals surface area (Å²) in [5, 5.41) is 8.46. The molecule has 4 nitrogen and oxygen atoms in total. The van der Waals surface area contributed by atoms with Crippen LogP contribution in [0.1, 0.15) is 10.5 Å². The Morgan fingerprint density at radius 3 is 3.10 bits per heavy atom. The lowest BCUT2D eigenvalue weighted by Crippen LogP contribution is -1.97. The molecular weight excluding hydrogens is 132 g/mol. The zero-order valence-electron chi connectivity index (χ0n) is 5.40. The topological polar surface area (TPSA) is 55.1 Å². The van der Waals surface area contributed by atoms with Crippen LogP contribution in [0.5, 0.6) is 0 Å². The molecule has 0 atom stereocenters. The van der Waals surface area contributed by atoms with E-state index in [1.807, 2.05) is 0 Å². The Morgan fingerprint density at radius 1 is 1.80 bits per heavy atom. The molecular formula is C6H8N2O2. The van der Waals surface area contributed by atoms with E-state index in [1.54, 1.807) is 10.8 Å². The summed E-state index contributed by atoms with van der Waals surface area (Å²) in [5.74, 6) is 0. The maximum Gasteiger partial charge on any atom is 0.169 e. The molecule has 1 rings (SSSR count). The molecule has 10 heavy (non-hydrogen) atoms. The average Bonchev–Trinajstić information content (AvgIpc) is 2.37. The summed E-state index contributed by atoms with van der Waals surface area (Å²) in [6, 6.07) is 0. The van der Waals surface area contributed by atoms with E-state index < -0.39 is 0 Å². The number of aliphatic hydroxyl groups excluding tert-OH is 1. The molecule has 0 spiro atoms. The van der Waals surface area contributed by atoms with Crippen LogP contribution in [-0.2, 0) is 6.54 Å². The molecule has 0 radical (unpaired) electrons. The number of aldehydes is 1. The second-order valence-corrected chi connectivity index (χ2v) is 1.88. The van der Waals surface area contributed by atoms with Crippen molar-refractivity contribution in [3.8, 4) is 0 Å². The first-order valence-corrected chi connectivity index (χ1v) is 2.94. The summed E-state index contributed by atoms with van der Waals surface area (Å²) in [4.78, 5) is 13.8. The summed E-state index contributed by atoms with van der Waals surface area (Å²) in [6.45, 7) is 0.551. The fourth-order valence-electron chi connectivity index (χ4n) is 0.676. The first-order valence-electron chi connectivity index (χ1n) is 2.94. The molecule has 0 saturated heterocycles. The summed E-state index contributed by atoms with van der Waals surface area (Å²) in [7, 11) is 0. The number of carbonyl (C=O) groups is 1. The fourth-order valence-corrected chi connectivity index (χ4v) is 0.676. The van der Waals surface area contributed by atoms with Crippen molar-refractivity contribution in [1.29, 1.82) is 0 Å². The van der Waals surface area contributed by atoms with E-state index in [-0.39, 0.29) is 6.61 Å². The number of carbonyl (C=O) groups excluding carboxylic acids is 1. The van der Waals surface area contributed by atoms with E-state index in [1.165, 1.54) is 6.33 Å². The number of rotatable bonds is 3. The Hall–Kier alpha value is -1.16. The van der Waals surface area contributed by atoms with Crippen molar-refractivity contribution in [3.05, 3.63) is 18.2 Å². The Morgan fingerprint density at radius 2 is 2.60 bits per heavy atom. The molecule has 1 N–H and O–H groups in total. The van der Waals surface area contributed by atoms with Gasteiger partial charge in [-0.3, -0.25) is 4.79 Å². The predicted molar refractivity (Wildman–Crippen MR) is 34.7 cm³/mol. The van der Waals surface area contributed by atoms with Gasteiger partial charge in [0.25, 0.3) is 0 Å². The van der Waals surface area contributed by atoms with E-state index in [0.29, 0.717) is 18.5 Å². The van der Waals surface area contributed by atoms with Gasteiger partial charge in [-0.25, -0.2) is 4.98 Å². The highest BCUT2D eigenvalue weighted by molar-refractivity contribution is 5.70. The van der Waals surface area contributed by atoms with Gasteiger partial charge in [0.2, 0.25) is 0 Å². The molecule has 1 heterocycles. The normalized spacial score (nSPS) is 9.70. The van der Waals surface area contributed by atoms with Crippen LogP contribution in [0.15, 0.2) is 12.5 Å². The van der Waals surface area contributed by atoms with Gasteiger partial charge in [0.15, 0.2) is 6.29 Å². The highest BCUT2D eigenvalue weighted by atomic mass is 16.3.